The lowest BCUT2D eigenvalue weighted by Gasteiger charge is -2.43. The van der Waals surface area contributed by atoms with E-state index in [0.29, 0.717) is 35.7 Å². The van der Waals surface area contributed by atoms with Gasteiger partial charge in [0, 0.05) is 24.5 Å². The fraction of sp³-hybridized carbons (Fsp3) is 0.364. The van der Waals surface area contributed by atoms with E-state index in [-0.39, 0.29) is 18.4 Å². The molecule has 31 heavy (non-hydrogen) atoms. The minimum Gasteiger partial charge on any atom is -0.348 e. The first-order chi connectivity index (χ1) is 15.0. The van der Waals surface area contributed by atoms with E-state index in [1.54, 1.807) is 18.7 Å². The van der Waals surface area contributed by atoms with Crippen LogP contribution in [0, 0.1) is 6.92 Å². The number of likely N-dealkylation sites (tertiary alicyclic amines) is 1. The second-order valence-corrected chi connectivity index (χ2v) is 7.83. The van der Waals surface area contributed by atoms with Gasteiger partial charge in [0.05, 0.1) is 12.1 Å². The number of hydrogen-bond donors (Lipinski definition) is 1. The van der Waals surface area contributed by atoms with Crippen LogP contribution in [0.15, 0.2) is 47.4 Å². The van der Waals surface area contributed by atoms with Crippen molar-refractivity contribution in [3.63, 3.8) is 0 Å². The minimum atomic E-state index is -0.974. The van der Waals surface area contributed by atoms with Crippen molar-refractivity contribution < 1.29 is 14.2 Å². The molecule has 3 heterocycles. The summed E-state index contributed by atoms with van der Waals surface area (Å²) in [6.07, 6.45) is 5.32. The number of nitrogens with one attached hydrogen (secondary N) is 1. The SMILES string of the molecule is Cc1nonc1CNC(=O)C1(C)CCCCN1C(=O)c1cnc(-c2ccccc2)nc1. The topological polar surface area (TPSA) is 114 Å². The van der Waals surface area contributed by atoms with Gasteiger partial charge in [0.25, 0.3) is 5.91 Å². The molecule has 3 aromatic rings. The van der Waals surface area contributed by atoms with E-state index in [1.807, 2.05) is 30.3 Å². The molecule has 1 saturated heterocycles. The Hall–Kier alpha value is -3.62. The summed E-state index contributed by atoms with van der Waals surface area (Å²) < 4.78 is 4.68. The van der Waals surface area contributed by atoms with Crippen molar-refractivity contribution in [2.45, 2.75) is 45.2 Å². The molecule has 9 heteroatoms. The van der Waals surface area contributed by atoms with E-state index in [9.17, 15) is 9.59 Å². The molecular weight excluding hydrogens is 396 g/mol. The molecule has 0 saturated carbocycles. The average Bonchev–Trinajstić information content (AvgIpc) is 3.22. The van der Waals surface area contributed by atoms with Crippen LogP contribution in [0.3, 0.4) is 0 Å². The molecule has 2 aromatic heterocycles. The standard InChI is InChI=1S/C22H24N6O3/c1-15-18(27-31-26-15)14-25-21(30)22(2)10-6-7-11-28(22)20(29)17-12-23-19(24-13-17)16-8-4-3-5-9-16/h3-5,8-9,12-13H,6-7,10-11,14H2,1-2H3,(H,25,30). The molecule has 160 valence electrons. The maximum atomic E-state index is 13.3. The Balaban J connectivity index is 1.51. The Bertz CT molecular complexity index is 1070. The van der Waals surface area contributed by atoms with E-state index in [0.717, 1.165) is 18.4 Å². The summed E-state index contributed by atoms with van der Waals surface area (Å²) >= 11 is 0. The van der Waals surface area contributed by atoms with E-state index in [2.05, 4.69) is 30.2 Å². The number of benzene rings is 1. The summed E-state index contributed by atoms with van der Waals surface area (Å²) in [5, 5.41) is 10.4. The Morgan fingerprint density at radius 3 is 2.55 bits per heavy atom. The molecule has 1 N–H and O–H groups in total. The smallest absolute Gasteiger partial charge is 0.257 e. The van der Waals surface area contributed by atoms with Crippen LogP contribution in [0.4, 0.5) is 0 Å². The third-order valence-electron chi connectivity index (χ3n) is 5.72. The van der Waals surface area contributed by atoms with Crippen LogP contribution in [0.5, 0.6) is 0 Å². The highest BCUT2D eigenvalue weighted by Crippen LogP contribution is 2.30. The van der Waals surface area contributed by atoms with Crippen LogP contribution in [0.25, 0.3) is 11.4 Å². The number of aryl methyl sites for hydroxylation is 1. The molecular formula is C22H24N6O3. The van der Waals surface area contributed by atoms with Crippen molar-refractivity contribution in [1.82, 2.24) is 30.5 Å². The second-order valence-electron chi connectivity index (χ2n) is 7.83. The zero-order valence-corrected chi connectivity index (χ0v) is 17.5. The zero-order valence-electron chi connectivity index (χ0n) is 17.5. The molecule has 2 amide bonds. The monoisotopic (exact) mass is 420 g/mol. The lowest BCUT2D eigenvalue weighted by molar-refractivity contribution is -0.133. The van der Waals surface area contributed by atoms with Gasteiger partial charge in [-0.2, -0.15) is 0 Å². The van der Waals surface area contributed by atoms with Crippen LogP contribution in [-0.2, 0) is 11.3 Å². The third-order valence-corrected chi connectivity index (χ3v) is 5.72. The van der Waals surface area contributed by atoms with Crippen molar-refractivity contribution >= 4 is 11.8 Å². The lowest BCUT2D eigenvalue weighted by atomic mass is 9.86. The molecule has 1 aliphatic heterocycles. The van der Waals surface area contributed by atoms with Crippen LogP contribution in [-0.4, -0.2) is 49.1 Å². The Morgan fingerprint density at radius 1 is 1.13 bits per heavy atom. The molecule has 0 spiro atoms. The number of carbonyl (C=O) groups is 2. The normalized spacial score (nSPS) is 18.6. The highest BCUT2D eigenvalue weighted by molar-refractivity contribution is 5.99. The molecule has 1 aromatic carbocycles. The number of rotatable bonds is 5. The van der Waals surface area contributed by atoms with Gasteiger partial charge < -0.3 is 10.2 Å². The van der Waals surface area contributed by atoms with Crippen molar-refractivity contribution in [2.75, 3.05) is 6.54 Å². The van der Waals surface area contributed by atoms with Crippen LogP contribution in [0.2, 0.25) is 0 Å². The predicted octanol–water partition coefficient (Wildman–Crippen LogP) is 2.54. The van der Waals surface area contributed by atoms with Gasteiger partial charge in [0.1, 0.15) is 16.9 Å². The number of piperidine rings is 1. The van der Waals surface area contributed by atoms with Gasteiger partial charge in [-0.25, -0.2) is 14.6 Å². The van der Waals surface area contributed by atoms with E-state index in [4.69, 9.17) is 0 Å². The Kier molecular flexibility index (Phi) is 5.75. The van der Waals surface area contributed by atoms with Gasteiger partial charge in [0.2, 0.25) is 5.91 Å². The number of carbonyl (C=O) groups excluding carboxylic acids is 2. The number of hydrogen-bond acceptors (Lipinski definition) is 7. The fourth-order valence-electron chi connectivity index (χ4n) is 3.78. The van der Waals surface area contributed by atoms with E-state index < -0.39 is 5.54 Å². The molecule has 1 unspecified atom stereocenters. The first-order valence-corrected chi connectivity index (χ1v) is 10.2. The van der Waals surface area contributed by atoms with Crippen molar-refractivity contribution in [3.8, 4) is 11.4 Å². The molecule has 1 fully saturated rings. The first kappa shape index (κ1) is 20.6. The fourth-order valence-corrected chi connectivity index (χ4v) is 3.78. The summed E-state index contributed by atoms with van der Waals surface area (Å²) in [6, 6.07) is 9.56. The Labute approximate surface area is 179 Å². The van der Waals surface area contributed by atoms with Crippen molar-refractivity contribution in [3.05, 3.63) is 59.7 Å². The van der Waals surface area contributed by atoms with Crippen LogP contribution >= 0.6 is 0 Å². The highest BCUT2D eigenvalue weighted by atomic mass is 16.6. The predicted molar refractivity (Wildman–Crippen MR) is 112 cm³/mol. The van der Waals surface area contributed by atoms with Crippen LogP contribution < -0.4 is 5.32 Å². The zero-order chi connectivity index (χ0) is 21.8. The molecule has 0 aliphatic carbocycles. The summed E-state index contributed by atoms with van der Waals surface area (Å²) in [5.74, 6) is 0.0638. The summed E-state index contributed by atoms with van der Waals surface area (Å²) in [4.78, 5) is 36.7. The molecule has 0 radical (unpaired) electrons. The van der Waals surface area contributed by atoms with E-state index >= 15 is 0 Å². The first-order valence-electron chi connectivity index (χ1n) is 10.2. The van der Waals surface area contributed by atoms with Gasteiger partial charge in [0.15, 0.2) is 5.82 Å². The van der Waals surface area contributed by atoms with Gasteiger partial charge in [-0.3, -0.25) is 9.59 Å². The maximum absolute atomic E-state index is 13.3. The van der Waals surface area contributed by atoms with Gasteiger partial charge in [-0.15, -0.1) is 0 Å². The molecule has 4 rings (SSSR count). The molecule has 1 aliphatic rings. The number of nitrogens with zero attached hydrogens (tertiary/aromatic N) is 5. The quantitative estimate of drug-likeness (QED) is 0.674. The third kappa shape index (κ3) is 4.16. The highest BCUT2D eigenvalue weighted by Gasteiger charge is 2.44. The number of aromatic nitrogens is 4. The Morgan fingerprint density at radius 2 is 1.87 bits per heavy atom. The molecule has 9 nitrogen and oxygen atoms in total. The van der Waals surface area contributed by atoms with Crippen molar-refractivity contribution in [1.29, 1.82) is 0 Å². The summed E-state index contributed by atoms with van der Waals surface area (Å²) in [7, 11) is 0. The van der Waals surface area contributed by atoms with Gasteiger partial charge in [-0.1, -0.05) is 40.6 Å². The van der Waals surface area contributed by atoms with Crippen LogP contribution in [0.1, 0.15) is 47.9 Å². The summed E-state index contributed by atoms with van der Waals surface area (Å²) in [6.45, 7) is 4.25. The summed E-state index contributed by atoms with van der Waals surface area (Å²) in [5.41, 5.74) is 1.45. The maximum Gasteiger partial charge on any atom is 0.257 e. The lowest BCUT2D eigenvalue weighted by Crippen LogP contribution is -2.60. The average molecular weight is 420 g/mol. The van der Waals surface area contributed by atoms with E-state index in [1.165, 1.54) is 12.4 Å². The molecule has 1 atom stereocenters. The van der Waals surface area contributed by atoms with Gasteiger partial charge >= 0.3 is 0 Å². The molecule has 0 bridgehead atoms. The van der Waals surface area contributed by atoms with Crippen molar-refractivity contribution in [2.24, 2.45) is 0 Å². The number of amides is 2. The van der Waals surface area contributed by atoms with Gasteiger partial charge in [-0.05, 0) is 33.1 Å². The second kappa shape index (κ2) is 8.63. The minimum absolute atomic E-state index is 0.195. The largest absolute Gasteiger partial charge is 0.348 e.